The normalized spacial score (nSPS) is 11.0. The van der Waals surface area contributed by atoms with E-state index < -0.39 is 5.82 Å². The van der Waals surface area contributed by atoms with Gasteiger partial charge in [-0.05, 0) is 24.3 Å². The summed E-state index contributed by atoms with van der Waals surface area (Å²) in [5, 5.41) is 7.97. The van der Waals surface area contributed by atoms with Gasteiger partial charge in [-0.15, -0.1) is 10.2 Å². The van der Waals surface area contributed by atoms with Crippen LogP contribution in [0.2, 0.25) is 5.02 Å². The first kappa shape index (κ1) is 13.8. The first-order chi connectivity index (χ1) is 10.2. The van der Waals surface area contributed by atoms with Gasteiger partial charge in [0.05, 0.1) is 12.9 Å². The third kappa shape index (κ3) is 3.12. The zero-order valence-corrected chi connectivity index (χ0v) is 11.5. The summed E-state index contributed by atoms with van der Waals surface area (Å²) in [4.78, 5) is 0. The molecule has 0 fully saturated rings. The second-order valence-electron chi connectivity index (χ2n) is 4.17. The van der Waals surface area contributed by atoms with E-state index in [1.54, 1.807) is 18.2 Å². The molecule has 0 aliphatic carbocycles. The van der Waals surface area contributed by atoms with Gasteiger partial charge < -0.3 is 13.6 Å². The summed E-state index contributed by atoms with van der Waals surface area (Å²) in [6, 6.07) is 7.89. The fourth-order valence-electron chi connectivity index (χ4n) is 1.72. The summed E-state index contributed by atoms with van der Waals surface area (Å²) in [6.07, 6.45) is 1.51. The molecule has 7 heteroatoms. The van der Waals surface area contributed by atoms with Crippen LogP contribution in [-0.4, -0.2) is 10.2 Å². The number of furan rings is 1. The van der Waals surface area contributed by atoms with Crippen molar-refractivity contribution < 1.29 is 18.0 Å². The van der Waals surface area contributed by atoms with Crippen molar-refractivity contribution in [1.29, 1.82) is 0 Å². The number of rotatable bonds is 5. The smallest absolute Gasteiger partial charge is 0.283 e. The van der Waals surface area contributed by atoms with Gasteiger partial charge in [-0.3, -0.25) is 0 Å². The molecule has 0 amide bonds. The van der Waals surface area contributed by atoms with Crippen LogP contribution in [0, 0.1) is 5.82 Å². The van der Waals surface area contributed by atoms with Gasteiger partial charge in [-0.25, -0.2) is 4.39 Å². The fourth-order valence-corrected chi connectivity index (χ4v) is 1.94. The van der Waals surface area contributed by atoms with E-state index in [-0.39, 0.29) is 25.0 Å². The van der Waals surface area contributed by atoms with Crippen LogP contribution >= 0.6 is 11.6 Å². The maximum Gasteiger partial charge on any atom is 0.283 e. The number of ether oxygens (including phenoxy) is 1. The lowest BCUT2D eigenvalue weighted by Gasteiger charge is -2.05. The van der Waals surface area contributed by atoms with E-state index in [0.717, 1.165) is 0 Å². The molecule has 3 aromatic rings. The highest BCUT2D eigenvalue weighted by atomic mass is 35.5. The lowest BCUT2D eigenvalue weighted by molar-refractivity contribution is 0.0878. The fraction of sp³-hybridized carbons (Fsp3) is 0.143. The van der Waals surface area contributed by atoms with Crippen LogP contribution in [0.1, 0.15) is 11.5 Å². The summed E-state index contributed by atoms with van der Waals surface area (Å²) in [5.41, 5.74) is 0.296. The highest BCUT2D eigenvalue weighted by molar-refractivity contribution is 6.31. The van der Waals surface area contributed by atoms with Gasteiger partial charge in [0.15, 0.2) is 5.76 Å². The van der Waals surface area contributed by atoms with Crippen LogP contribution < -0.4 is 0 Å². The molecule has 0 aliphatic rings. The van der Waals surface area contributed by atoms with Crippen LogP contribution in [0.3, 0.4) is 0 Å². The summed E-state index contributed by atoms with van der Waals surface area (Å²) < 4.78 is 29.4. The summed E-state index contributed by atoms with van der Waals surface area (Å²) in [7, 11) is 0. The molecule has 0 spiro atoms. The topological polar surface area (TPSA) is 61.3 Å². The average Bonchev–Trinajstić information content (AvgIpc) is 3.12. The van der Waals surface area contributed by atoms with Crippen molar-refractivity contribution >= 4 is 11.6 Å². The summed E-state index contributed by atoms with van der Waals surface area (Å²) >= 11 is 5.90. The van der Waals surface area contributed by atoms with Crippen LogP contribution in [-0.2, 0) is 18.0 Å². The minimum absolute atomic E-state index is 0.0178. The van der Waals surface area contributed by atoms with Crippen molar-refractivity contribution in [3.63, 3.8) is 0 Å². The Hall–Kier alpha value is -2.18. The number of benzene rings is 1. The summed E-state index contributed by atoms with van der Waals surface area (Å²) in [6.45, 7) is 0.0718. The number of hydrogen-bond acceptors (Lipinski definition) is 5. The lowest BCUT2D eigenvalue weighted by Crippen LogP contribution is -1.98. The Morgan fingerprint density at radius 3 is 2.81 bits per heavy atom. The first-order valence-electron chi connectivity index (χ1n) is 6.11. The van der Waals surface area contributed by atoms with Crippen molar-refractivity contribution in [1.82, 2.24) is 10.2 Å². The minimum Gasteiger partial charge on any atom is -0.459 e. The van der Waals surface area contributed by atoms with Gasteiger partial charge in [0, 0.05) is 10.6 Å². The quantitative estimate of drug-likeness (QED) is 0.716. The molecule has 0 N–H and O–H groups in total. The van der Waals surface area contributed by atoms with Gasteiger partial charge in [0.1, 0.15) is 12.4 Å². The van der Waals surface area contributed by atoms with Gasteiger partial charge >= 0.3 is 0 Å². The van der Waals surface area contributed by atoms with E-state index in [0.29, 0.717) is 16.3 Å². The Morgan fingerprint density at radius 1 is 1.14 bits per heavy atom. The largest absolute Gasteiger partial charge is 0.459 e. The van der Waals surface area contributed by atoms with E-state index in [9.17, 15) is 4.39 Å². The number of hydrogen-bond donors (Lipinski definition) is 0. The number of aromatic nitrogens is 2. The molecule has 1 aromatic carbocycles. The van der Waals surface area contributed by atoms with Crippen LogP contribution in [0.4, 0.5) is 4.39 Å². The van der Waals surface area contributed by atoms with E-state index in [4.69, 9.17) is 25.2 Å². The zero-order chi connectivity index (χ0) is 14.7. The van der Waals surface area contributed by atoms with Gasteiger partial charge in [0.2, 0.25) is 5.89 Å². The Labute approximate surface area is 124 Å². The van der Waals surface area contributed by atoms with Crippen LogP contribution in [0.15, 0.2) is 45.4 Å². The Balaban J connectivity index is 1.61. The third-order valence-electron chi connectivity index (χ3n) is 2.73. The van der Waals surface area contributed by atoms with Crippen LogP contribution in [0.25, 0.3) is 11.7 Å². The highest BCUT2D eigenvalue weighted by Crippen LogP contribution is 2.21. The molecule has 0 aliphatic heterocycles. The van der Waals surface area contributed by atoms with Gasteiger partial charge in [0.25, 0.3) is 5.89 Å². The molecule has 2 aromatic heterocycles. The average molecular weight is 309 g/mol. The molecule has 108 valence electrons. The van der Waals surface area contributed by atoms with Crippen LogP contribution in [0.5, 0.6) is 0 Å². The second kappa shape index (κ2) is 6.07. The maximum atomic E-state index is 13.5. The second-order valence-corrected chi connectivity index (χ2v) is 4.58. The van der Waals surface area contributed by atoms with Crippen molar-refractivity contribution in [2.75, 3.05) is 0 Å². The predicted molar refractivity (Wildman–Crippen MR) is 71.9 cm³/mol. The molecule has 2 heterocycles. The first-order valence-corrected chi connectivity index (χ1v) is 6.49. The van der Waals surface area contributed by atoms with E-state index in [1.165, 1.54) is 18.4 Å². The predicted octanol–water partition coefficient (Wildman–Crippen LogP) is 3.84. The van der Waals surface area contributed by atoms with Gasteiger partial charge in [-0.2, -0.15) is 0 Å². The lowest BCUT2D eigenvalue weighted by atomic mass is 10.2. The van der Waals surface area contributed by atoms with Crippen molar-refractivity contribution in [3.8, 4) is 11.7 Å². The standard InChI is InChI=1S/C14H10ClFN2O3/c15-10-3-1-4-11(16)9(10)7-19-8-13-17-18-14(21-13)12-5-2-6-20-12/h1-6H,7-8H2. The van der Waals surface area contributed by atoms with Crippen molar-refractivity contribution in [2.45, 2.75) is 13.2 Å². The molecule has 21 heavy (non-hydrogen) atoms. The molecular formula is C14H10ClFN2O3. The third-order valence-corrected chi connectivity index (χ3v) is 3.09. The summed E-state index contributed by atoms with van der Waals surface area (Å²) in [5.74, 6) is 0.603. The SMILES string of the molecule is Fc1cccc(Cl)c1COCc1nnc(-c2ccco2)o1. The molecule has 0 saturated heterocycles. The molecular weight excluding hydrogens is 299 g/mol. The molecule has 5 nitrogen and oxygen atoms in total. The Kier molecular flexibility index (Phi) is 3.98. The Bertz CT molecular complexity index is 707. The van der Waals surface area contributed by atoms with E-state index in [1.807, 2.05) is 0 Å². The van der Waals surface area contributed by atoms with E-state index in [2.05, 4.69) is 10.2 Å². The molecule has 0 saturated carbocycles. The molecule has 0 unspecified atom stereocenters. The minimum atomic E-state index is -0.413. The Morgan fingerprint density at radius 2 is 2.05 bits per heavy atom. The number of halogens is 2. The molecule has 0 bridgehead atoms. The molecule has 0 radical (unpaired) electrons. The van der Waals surface area contributed by atoms with Crippen molar-refractivity contribution in [2.24, 2.45) is 0 Å². The number of nitrogens with zero attached hydrogens (tertiary/aromatic N) is 2. The highest BCUT2D eigenvalue weighted by Gasteiger charge is 2.12. The van der Waals surface area contributed by atoms with Crippen molar-refractivity contribution in [3.05, 3.63) is 58.9 Å². The molecule has 0 atom stereocenters. The monoisotopic (exact) mass is 308 g/mol. The molecule has 3 rings (SSSR count). The van der Waals surface area contributed by atoms with Gasteiger partial charge in [-0.1, -0.05) is 17.7 Å². The maximum absolute atomic E-state index is 13.5. The zero-order valence-electron chi connectivity index (χ0n) is 10.8. The van der Waals surface area contributed by atoms with E-state index >= 15 is 0 Å².